The third-order valence-electron chi connectivity index (χ3n) is 3.82. The Morgan fingerprint density at radius 1 is 1.55 bits per heavy atom. The summed E-state index contributed by atoms with van der Waals surface area (Å²) in [6, 6.07) is 5.88. The van der Waals surface area contributed by atoms with Crippen molar-refractivity contribution in [3.05, 3.63) is 40.2 Å². The molecule has 114 valence electrons. The number of furan rings is 1. The Kier molecular flexibility index (Phi) is 4.27. The van der Waals surface area contributed by atoms with Crippen LogP contribution in [-0.4, -0.2) is 12.5 Å². The van der Waals surface area contributed by atoms with Crippen LogP contribution < -0.4 is 10.6 Å². The Morgan fingerprint density at radius 2 is 2.41 bits per heavy atom. The molecule has 2 N–H and O–H groups in total. The van der Waals surface area contributed by atoms with Crippen LogP contribution in [0.4, 0.5) is 5.00 Å². The number of carbonyl (C=O) groups excluding carboxylic acids is 1. The van der Waals surface area contributed by atoms with E-state index < -0.39 is 0 Å². The molecule has 0 aromatic carbocycles. The fourth-order valence-corrected chi connectivity index (χ4v) is 3.92. The molecule has 2 aromatic rings. The molecule has 0 radical (unpaired) electrons. The zero-order chi connectivity index (χ0) is 15.5. The van der Waals surface area contributed by atoms with E-state index in [0.717, 1.165) is 30.6 Å². The van der Waals surface area contributed by atoms with Crippen LogP contribution in [0.1, 0.15) is 41.2 Å². The summed E-state index contributed by atoms with van der Waals surface area (Å²) in [5.41, 5.74) is 1.77. The lowest BCUT2D eigenvalue weighted by molar-refractivity contribution is -0.115. The Hall–Kier alpha value is -2.10. The van der Waals surface area contributed by atoms with Crippen LogP contribution in [0.2, 0.25) is 0 Å². The first-order chi connectivity index (χ1) is 10.7. The molecule has 2 aromatic heterocycles. The molecule has 0 spiro atoms. The van der Waals surface area contributed by atoms with Gasteiger partial charge in [0.2, 0.25) is 5.91 Å². The smallest absolute Gasteiger partial charge is 0.238 e. The van der Waals surface area contributed by atoms with E-state index in [0.29, 0.717) is 10.6 Å². The van der Waals surface area contributed by atoms with E-state index in [4.69, 9.17) is 4.42 Å². The topological polar surface area (TPSA) is 78.1 Å². The minimum Gasteiger partial charge on any atom is -0.468 e. The zero-order valence-electron chi connectivity index (χ0n) is 12.3. The van der Waals surface area contributed by atoms with E-state index in [2.05, 4.69) is 16.7 Å². The van der Waals surface area contributed by atoms with Gasteiger partial charge in [-0.25, -0.2) is 0 Å². The molecule has 5 nitrogen and oxygen atoms in total. The van der Waals surface area contributed by atoms with Crippen LogP contribution in [0.25, 0.3) is 0 Å². The van der Waals surface area contributed by atoms with Gasteiger partial charge in [-0.2, -0.15) is 5.26 Å². The second kappa shape index (κ2) is 6.34. The maximum atomic E-state index is 12.1. The number of aryl methyl sites for hydroxylation is 1. The molecule has 1 atom stereocenters. The first-order valence-electron chi connectivity index (χ1n) is 7.30. The Morgan fingerprint density at radius 3 is 3.14 bits per heavy atom. The highest BCUT2D eigenvalue weighted by molar-refractivity contribution is 7.16. The van der Waals surface area contributed by atoms with Crippen molar-refractivity contribution in [3.8, 4) is 6.07 Å². The Balaban J connectivity index is 1.60. The SMILES string of the molecule is C[C@@H](NCC(=O)Nc1sc2c(c1C#N)CCC2)c1ccco1. The predicted octanol–water partition coefficient (Wildman–Crippen LogP) is 2.99. The van der Waals surface area contributed by atoms with Gasteiger partial charge in [0.1, 0.15) is 16.8 Å². The number of hydrogen-bond donors (Lipinski definition) is 2. The number of hydrogen-bond acceptors (Lipinski definition) is 5. The van der Waals surface area contributed by atoms with Gasteiger partial charge in [-0.15, -0.1) is 11.3 Å². The van der Waals surface area contributed by atoms with Crippen molar-refractivity contribution in [2.75, 3.05) is 11.9 Å². The Labute approximate surface area is 132 Å². The summed E-state index contributed by atoms with van der Waals surface area (Å²) >= 11 is 1.53. The van der Waals surface area contributed by atoms with E-state index in [1.165, 1.54) is 16.2 Å². The number of nitrogens with one attached hydrogen (secondary N) is 2. The summed E-state index contributed by atoms with van der Waals surface area (Å²) in [6.07, 6.45) is 4.67. The molecule has 0 fully saturated rings. The summed E-state index contributed by atoms with van der Waals surface area (Å²) in [6.45, 7) is 2.11. The van der Waals surface area contributed by atoms with Crippen molar-refractivity contribution in [1.29, 1.82) is 5.26 Å². The van der Waals surface area contributed by atoms with Crippen molar-refractivity contribution < 1.29 is 9.21 Å². The molecular formula is C16H17N3O2S. The summed E-state index contributed by atoms with van der Waals surface area (Å²) < 4.78 is 5.29. The average Bonchev–Trinajstić information content (AvgIpc) is 3.21. The van der Waals surface area contributed by atoms with Gasteiger partial charge in [0, 0.05) is 4.88 Å². The van der Waals surface area contributed by atoms with Crippen molar-refractivity contribution in [1.82, 2.24) is 5.32 Å². The second-order valence-corrected chi connectivity index (χ2v) is 6.44. The lowest BCUT2D eigenvalue weighted by atomic mass is 10.1. The second-order valence-electron chi connectivity index (χ2n) is 5.34. The maximum absolute atomic E-state index is 12.1. The first kappa shape index (κ1) is 14.8. The highest BCUT2D eigenvalue weighted by Gasteiger charge is 2.23. The zero-order valence-corrected chi connectivity index (χ0v) is 13.1. The Bertz CT molecular complexity index is 713. The first-order valence-corrected chi connectivity index (χ1v) is 8.12. The van der Waals surface area contributed by atoms with E-state index in [-0.39, 0.29) is 18.5 Å². The van der Waals surface area contributed by atoms with Crippen LogP contribution in [0, 0.1) is 11.3 Å². The van der Waals surface area contributed by atoms with E-state index in [1.54, 1.807) is 6.26 Å². The largest absolute Gasteiger partial charge is 0.468 e. The van der Waals surface area contributed by atoms with Gasteiger partial charge in [-0.1, -0.05) is 0 Å². The van der Waals surface area contributed by atoms with Gasteiger partial charge in [0.25, 0.3) is 0 Å². The fourth-order valence-electron chi connectivity index (χ4n) is 2.67. The van der Waals surface area contributed by atoms with E-state index in [9.17, 15) is 10.1 Å². The maximum Gasteiger partial charge on any atom is 0.238 e. The van der Waals surface area contributed by atoms with Crippen molar-refractivity contribution in [2.45, 2.75) is 32.2 Å². The number of nitrogens with zero attached hydrogens (tertiary/aromatic N) is 1. The average molecular weight is 315 g/mol. The molecule has 0 unspecified atom stereocenters. The van der Waals surface area contributed by atoms with Gasteiger partial charge in [0.05, 0.1) is 24.4 Å². The number of amides is 1. The van der Waals surface area contributed by atoms with Crippen LogP contribution in [0.3, 0.4) is 0 Å². The molecule has 1 aliphatic rings. The molecule has 6 heteroatoms. The number of carbonyl (C=O) groups is 1. The minimum atomic E-state index is -0.144. The molecule has 1 amide bonds. The lowest BCUT2D eigenvalue weighted by Gasteiger charge is -2.11. The fraction of sp³-hybridized carbons (Fsp3) is 0.375. The molecule has 0 aliphatic heterocycles. The highest BCUT2D eigenvalue weighted by atomic mass is 32.1. The van der Waals surface area contributed by atoms with Crippen LogP contribution >= 0.6 is 11.3 Å². The number of thiophene rings is 1. The predicted molar refractivity (Wildman–Crippen MR) is 84.8 cm³/mol. The molecule has 22 heavy (non-hydrogen) atoms. The normalized spacial score (nSPS) is 14.4. The standard InChI is InChI=1S/C16H17N3O2S/c1-10(13-5-3-7-21-13)18-9-15(20)19-16-12(8-17)11-4-2-6-14(11)22-16/h3,5,7,10,18H,2,4,6,9H2,1H3,(H,19,20)/t10-/m1/s1. The van der Waals surface area contributed by atoms with Gasteiger partial charge in [-0.05, 0) is 43.9 Å². The third kappa shape index (κ3) is 2.91. The van der Waals surface area contributed by atoms with Crippen molar-refractivity contribution >= 4 is 22.2 Å². The van der Waals surface area contributed by atoms with Crippen LogP contribution in [-0.2, 0) is 17.6 Å². The quantitative estimate of drug-likeness (QED) is 0.889. The summed E-state index contributed by atoms with van der Waals surface area (Å²) in [7, 11) is 0. The highest BCUT2D eigenvalue weighted by Crippen LogP contribution is 2.38. The number of fused-ring (bicyclic) bond motifs is 1. The van der Waals surface area contributed by atoms with Crippen molar-refractivity contribution in [2.24, 2.45) is 0 Å². The van der Waals surface area contributed by atoms with Gasteiger partial charge >= 0.3 is 0 Å². The molecule has 3 rings (SSSR count). The summed E-state index contributed by atoms with van der Waals surface area (Å²) in [5.74, 6) is 0.649. The van der Waals surface area contributed by atoms with E-state index in [1.807, 2.05) is 19.1 Å². The van der Waals surface area contributed by atoms with E-state index >= 15 is 0 Å². The molecule has 1 aliphatic carbocycles. The molecule has 0 saturated heterocycles. The number of rotatable bonds is 5. The molecule has 0 bridgehead atoms. The lowest BCUT2D eigenvalue weighted by Crippen LogP contribution is -2.29. The van der Waals surface area contributed by atoms with Crippen LogP contribution in [0.15, 0.2) is 22.8 Å². The summed E-state index contributed by atoms with van der Waals surface area (Å²) in [4.78, 5) is 13.3. The number of nitriles is 1. The van der Waals surface area contributed by atoms with Crippen LogP contribution in [0.5, 0.6) is 0 Å². The molecular weight excluding hydrogens is 298 g/mol. The van der Waals surface area contributed by atoms with Gasteiger partial charge in [0.15, 0.2) is 0 Å². The van der Waals surface area contributed by atoms with Gasteiger partial charge < -0.3 is 9.73 Å². The van der Waals surface area contributed by atoms with Gasteiger partial charge in [-0.3, -0.25) is 10.1 Å². The summed E-state index contributed by atoms with van der Waals surface area (Å²) in [5, 5.41) is 16.0. The minimum absolute atomic E-state index is 0.0375. The van der Waals surface area contributed by atoms with Crippen molar-refractivity contribution in [3.63, 3.8) is 0 Å². The molecule has 2 heterocycles. The number of anilines is 1. The monoisotopic (exact) mass is 315 g/mol. The molecule has 0 saturated carbocycles. The third-order valence-corrected chi connectivity index (χ3v) is 5.03.